The highest BCUT2D eigenvalue weighted by Gasteiger charge is 2.27. The number of aromatic nitrogens is 1. The minimum atomic E-state index is -4.16. The van der Waals surface area contributed by atoms with Gasteiger partial charge < -0.3 is 4.74 Å². The van der Waals surface area contributed by atoms with Crippen LogP contribution < -0.4 is 9.46 Å². The molecule has 1 fully saturated rings. The second kappa shape index (κ2) is 9.74. The Labute approximate surface area is 196 Å². The summed E-state index contributed by atoms with van der Waals surface area (Å²) in [6.45, 7) is 3.86. The Kier molecular flexibility index (Phi) is 6.99. The lowest BCUT2D eigenvalue weighted by atomic mass is 10.0. The summed E-state index contributed by atoms with van der Waals surface area (Å²) in [5.41, 5.74) is 2.74. The van der Waals surface area contributed by atoms with Crippen molar-refractivity contribution in [1.29, 1.82) is 0 Å². The van der Waals surface area contributed by atoms with E-state index in [0.29, 0.717) is 6.04 Å². The van der Waals surface area contributed by atoms with Gasteiger partial charge in [0.15, 0.2) is 5.82 Å². The molecule has 6 nitrogen and oxygen atoms in total. The number of anilines is 1. The van der Waals surface area contributed by atoms with Crippen molar-refractivity contribution in [2.45, 2.75) is 36.8 Å². The Morgan fingerprint density at radius 1 is 1.25 bits per heavy atom. The van der Waals surface area contributed by atoms with Crippen LogP contribution in [0.25, 0.3) is 0 Å². The molecule has 1 aliphatic heterocycles. The Hall–Kier alpha value is -2.20. The molecule has 2 heterocycles. The quantitative estimate of drug-likeness (QED) is 0.479. The van der Waals surface area contributed by atoms with E-state index in [1.54, 1.807) is 0 Å². The van der Waals surface area contributed by atoms with Gasteiger partial charge in [0.05, 0.1) is 10.5 Å². The van der Waals surface area contributed by atoms with Crippen LogP contribution in [0.15, 0.2) is 58.3 Å². The molecule has 3 aromatic rings. The number of piperidine rings is 1. The highest BCUT2D eigenvalue weighted by Crippen LogP contribution is 2.33. The molecule has 0 radical (unpaired) electrons. The number of halogens is 2. The first-order valence-electron chi connectivity index (χ1n) is 10.2. The fourth-order valence-corrected chi connectivity index (χ4v) is 5.68. The Morgan fingerprint density at radius 3 is 2.62 bits per heavy atom. The van der Waals surface area contributed by atoms with Crippen LogP contribution in [0.1, 0.15) is 31.4 Å². The van der Waals surface area contributed by atoms with Crippen LogP contribution in [-0.4, -0.2) is 37.5 Å². The summed E-state index contributed by atoms with van der Waals surface area (Å²) >= 11 is 7.48. The van der Waals surface area contributed by atoms with Crippen molar-refractivity contribution in [3.8, 4) is 5.75 Å². The molecule has 10 heteroatoms. The molecule has 1 atom stereocenters. The maximum Gasteiger partial charge on any atom is 0.266 e. The summed E-state index contributed by atoms with van der Waals surface area (Å²) in [7, 11) is -4.16. The first-order valence-corrected chi connectivity index (χ1v) is 13.0. The highest BCUT2D eigenvalue weighted by molar-refractivity contribution is 7.92. The van der Waals surface area contributed by atoms with Gasteiger partial charge in [-0.15, -0.1) is 11.3 Å². The molecule has 0 spiro atoms. The molecular formula is C22H23ClFN3O3S2. The van der Waals surface area contributed by atoms with E-state index in [4.69, 9.17) is 16.3 Å². The Bertz CT molecular complexity index is 1150. The molecule has 32 heavy (non-hydrogen) atoms. The van der Waals surface area contributed by atoms with Crippen molar-refractivity contribution in [3.05, 3.63) is 69.8 Å². The first kappa shape index (κ1) is 23.0. The fourth-order valence-electron chi connectivity index (χ4n) is 3.77. The van der Waals surface area contributed by atoms with E-state index in [9.17, 15) is 12.8 Å². The SMILES string of the molecule is C[C@H](c1ccccc1)N1CCC(Oc2cc(F)c(S(=O)(=O)Nc3cscn3)cc2Cl)CC1. The van der Waals surface area contributed by atoms with Gasteiger partial charge in [0.2, 0.25) is 0 Å². The van der Waals surface area contributed by atoms with E-state index in [-0.39, 0.29) is 22.7 Å². The highest BCUT2D eigenvalue weighted by atomic mass is 35.5. The average molecular weight is 496 g/mol. The van der Waals surface area contributed by atoms with Crippen molar-refractivity contribution >= 4 is 38.8 Å². The number of thiazole rings is 1. The lowest BCUT2D eigenvalue weighted by molar-refractivity contribution is 0.0795. The molecule has 1 aliphatic rings. The topological polar surface area (TPSA) is 71.5 Å². The van der Waals surface area contributed by atoms with Crippen molar-refractivity contribution in [1.82, 2.24) is 9.88 Å². The third-order valence-electron chi connectivity index (χ3n) is 5.55. The summed E-state index contributed by atoms with van der Waals surface area (Å²) in [5.74, 6) is -0.657. The molecule has 0 amide bonds. The van der Waals surface area contributed by atoms with Crippen molar-refractivity contribution < 1.29 is 17.5 Å². The molecule has 2 aromatic carbocycles. The van der Waals surface area contributed by atoms with Gasteiger partial charge in [0, 0.05) is 30.6 Å². The number of rotatable bonds is 7. The largest absolute Gasteiger partial charge is 0.489 e. The van der Waals surface area contributed by atoms with Crippen molar-refractivity contribution in [2.75, 3.05) is 17.8 Å². The van der Waals surface area contributed by atoms with Gasteiger partial charge in [-0.25, -0.2) is 17.8 Å². The van der Waals surface area contributed by atoms with Gasteiger partial charge in [0.1, 0.15) is 22.6 Å². The van der Waals surface area contributed by atoms with E-state index in [1.165, 1.54) is 27.8 Å². The number of likely N-dealkylation sites (tertiary alicyclic amines) is 1. The number of nitrogens with zero attached hydrogens (tertiary/aromatic N) is 2. The number of hydrogen-bond acceptors (Lipinski definition) is 6. The van der Waals surface area contributed by atoms with Gasteiger partial charge in [0.25, 0.3) is 10.0 Å². The molecule has 4 rings (SSSR count). The zero-order valence-electron chi connectivity index (χ0n) is 17.4. The second-order valence-electron chi connectivity index (χ2n) is 7.63. The monoisotopic (exact) mass is 495 g/mol. The van der Waals surface area contributed by atoms with Gasteiger partial charge >= 0.3 is 0 Å². The van der Waals surface area contributed by atoms with Crippen molar-refractivity contribution in [2.24, 2.45) is 0 Å². The molecule has 0 bridgehead atoms. The van der Waals surface area contributed by atoms with Gasteiger partial charge in [-0.1, -0.05) is 41.9 Å². The van der Waals surface area contributed by atoms with Gasteiger partial charge in [-0.2, -0.15) is 0 Å². The van der Waals surface area contributed by atoms with Crippen LogP contribution in [0.3, 0.4) is 0 Å². The smallest absolute Gasteiger partial charge is 0.266 e. The van der Waals surface area contributed by atoms with Crippen LogP contribution in [0, 0.1) is 5.82 Å². The molecule has 0 aliphatic carbocycles. The second-order valence-corrected chi connectivity index (χ2v) is 10.4. The van der Waals surface area contributed by atoms with E-state index in [1.807, 2.05) is 18.2 Å². The zero-order valence-corrected chi connectivity index (χ0v) is 19.8. The predicted molar refractivity (Wildman–Crippen MR) is 124 cm³/mol. The molecule has 0 saturated carbocycles. The van der Waals surface area contributed by atoms with E-state index in [0.717, 1.165) is 38.1 Å². The average Bonchev–Trinajstić information content (AvgIpc) is 3.29. The summed E-state index contributed by atoms with van der Waals surface area (Å²) in [6.07, 6.45) is 1.41. The van der Waals surface area contributed by atoms with Crippen LogP contribution in [0.4, 0.5) is 10.2 Å². The van der Waals surface area contributed by atoms with Crippen LogP contribution in [0.5, 0.6) is 5.75 Å². The van der Waals surface area contributed by atoms with Crippen LogP contribution in [0.2, 0.25) is 5.02 Å². The van der Waals surface area contributed by atoms with Gasteiger partial charge in [-0.05, 0) is 31.4 Å². The summed E-state index contributed by atoms with van der Waals surface area (Å²) < 4.78 is 47.9. The number of hydrogen-bond donors (Lipinski definition) is 1. The van der Waals surface area contributed by atoms with Gasteiger partial charge in [-0.3, -0.25) is 9.62 Å². The molecule has 0 unspecified atom stereocenters. The molecule has 170 valence electrons. The third kappa shape index (κ3) is 5.23. The third-order valence-corrected chi connectivity index (χ3v) is 7.80. The fraction of sp³-hybridized carbons (Fsp3) is 0.318. The minimum Gasteiger partial charge on any atom is -0.489 e. The standard InChI is InChI=1S/C22H23ClFN3O3S2/c1-15(16-5-3-2-4-6-16)27-9-7-17(8-10-27)30-20-12-19(24)21(11-18(20)23)32(28,29)26-22-13-31-14-25-22/h2-6,11-15,17,26H,7-10H2,1H3/t15-/m1/s1. The maximum atomic E-state index is 14.7. The van der Waals surface area contributed by atoms with Crippen LogP contribution >= 0.6 is 22.9 Å². The molecule has 1 saturated heterocycles. The van der Waals surface area contributed by atoms with Crippen LogP contribution in [-0.2, 0) is 10.0 Å². The Morgan fingerprint density at radius 2 is 1.97 bits per heavy atom. The predicted octanol–water partition coefficient (Wildman–Crippen LogP) is 5.34. The summed E-state index contributed by atoms with van der Waals surface area (Å²) in [6, 6.07) is 12.7. The normalized spacial score (nSPS) is 16.6. The Balaban J connectivity index is 1.40. The maximum absolute atomic E-state index is 14.7. The molecule has 1 aromatic heterocycles. The van der Waals surface area contributed by atoms with E-state index < -0.39 is 20.7 Å². The number of ether oxygens (including phenoxy) is 1. The number of benzene rings is 2. The lowest BCUT2D eigenvalue weighted by Gasteiger charge is -2.36. The van der Waals surface area contributed by atoms with E-state index >= 15 is 0 Å². The lowest BCUT2D eigenvalue weighted by Crippen LogP contribution is -2.39. The van der Waals surface area contributed by atoms with E-state index in [2.05, 4.69) is 33.7 Å². The molecule has 1 N–H and O–H groups in total. The van der Waals surface area contributed by atoms with Crippen molar-refractivity contribution in [3.63, 3.8) is 0 Å². The summed E-state index contributed by atoms with van der Waals surface area (Å²) in [4.78, 5) is 5.69. The minimum absolute atomic E-state index is 0.0464. The number of nitrogens with one attached hydrogen (secondary N) is 1. The molecular weight excluding hydrogens is 473 g/mol. The zero-order chi connectivity index (χ0) is 22.7. The first-order chi connectivity index (χ1) is 15.3. The number of sulfonamides is 1. The summed E-state index contributed by atoms with van der Waals surface area (Å²) in [5, 5.41) is 1.56.